The molecule has 3 aromatic rings. The second-order valence-electron chi connectivity index (χ2n) is 6.15. The van der Waals surface area contributed by atoms with E-state index in [0.717, 1.165) is 6.20 Å². The molecule has 0 aliphatic carbocycles. The van der Waals surface area contributed by atoms with E-state index in [1.807, 2.05) is 0 Å². The fourth-order valence-electron chi connectivity index (χ4n) is 2.81. The number of hydrogen-bond donors (Lipinski definition) is 2. The second-order valence-corrected chi connectivity index (χ2v) is 6.15. The second kappa shape index (κ2) is 8.76. The maximum Gasteiger partial charge on any atom is 0.433 e. The summed E-state index contributed by atoms with van der Waals surface area (Å²) in [5, 5.41) is 11.1. The van der Waals surface area contributed by atoms with Crippen molar-refractivity contribution in [2.24, 2.45) is 5.16 Å². The molecule has 0 aliphatic rings. The third-order valence-corrected chi connectivity index (χ3v) is 4.23. The minimum atomic E-state index is -4.73. The van der Waals surface area contributed by atoms with Gasteiger partial charge in [-0.05, 0) is 28.8 Å². The molecule has 0 saturated carbocycles. The maximum absolute atomic E-state index is 14.3. The van der Waals surface area contributed by atoms with Gasteiger partial charge >= 0.3 is 6.18 Å². The number of carbonyl (C=O) groups excluding carboxylic acids is 1. The van der Waals surface area contributed by atoms with Gasteiger partial charge in [0, 0.05) is 12.1 Å². The monoisotopic (exact) mass is 420 g/mol. The van der Waals surface area contributed by atoms with Crippen LogP contribution in [0.25, 0.3) is 11.1 Å². The van der Waals surface area contributed by atoms with Gasteiger partial charge < -0.3 is 10.2 Å². The molecule has 156 valence electrons. The van der Waals surface area contributed by atoms with Gasteiger partial charge in [0.05, 0.1) is 18.0 Å². The molecule has 3 rings (SSSR count). The highest BCUT2D eigenvalue weighted by atomic mass is 19.4. The van der Waals surface area contributed by atoms with Crippen LogP contribution in [0.1, 0.15) is 27.2 Å². The van der Waals surface area contributed by atoms with E-state index in [-0.39, 0.29) is 12.1 Å². The Morgan fingerprint density at radius 1 is 1.27 bits per heavy atom. The predicted octanol–water partition coefficient (Wildman–Crippen LogP) is 4.14. The first-order valence-corrected chi connectivity index (χ1v) is 8.64. The lowest BCUT2D eigenvalue weighted by Crippen LogP contribution is -2.25. The van der Waals surface area contributed by atoms with Crippen molar-refractivity contribution in [3.8, 4) is 11.1 Å². The lowest BCUT2D eigenvalue weighted by atomic mass is 9.98. The van der Waals surface area contributed by atoms with Crippen LogP contribution in [0.5, 0.6) is 0 Å². The van der Waals surface area contributed by atoms with E-state index in [1.54, 1.807) is 35.4 Å². The van der Waals surface area contributed by atoms with Gasteiger partial charge in [-0.15, -0.1) is 0 Å². The molecule has 30 heavy (non-hydrogen) atoms. The molecule has 10 heteroatoms. The number of benzene rings is 2. The van der Waals surface area contributed by atoms with Gasteiger partial charge in [-0.2, -0.15) is 18.3 Å². The molecule has 1 aromatic heterocycles. The van der Waals surface area contributed by atoms with Crippen LogP contribution in [0.15, 0.2) is 53.8 Å². The molecule has 0 spiro atoms. The van der Waals surface area contributed by atoms with Gasteiger partial charge in [0.1, 0.15) is 12.9 Å². The summed E-state index contributed by atoms with van der Waals surface area (Å²) in [7, 11) is 1.34. The first kappa shape index (κ1) is 21.0. The van der Waals surface area contributed by atoms with Crippen molar-refractivity contribution in [3.63, 3.8) is 0 Å². The van der Waals surface area contributed by atoms with E-state index >= 15 is 0 Å². The third kappa shape index (κ3) is 4.65. The minimum absolute atomic E-state index is 0.0635. The third-order valence-electron chi connectivity index (χ3n) is 4.23. The number of aromatic amines is 1. The summed E-state index contributed by atoms with van der Waals surface area (Å²) in [6, 6.07) is 11.3. The maximum atomic E-state index is 14.3. The number of H-pyrrole nitrogens is 1. The molecule has 2 aromatic carbocycles. The van der Waals surface area contributed by atoms with Crippen molar-refractivity contribution < 1.29 is 27.2 Å². The van der Waals surface area contributed by atoms with Crippen LogP contribution >= 0.6 is 0 Å². The van der Waals surface area contributed by atoms with Crippen LogP contribution in [-0.4, -0.2) is 29.4 Å². The zero-order valence-corrected chi connectivity index (χ0v) is 15.6. The lowest BCUT2D eigenvalue weighted by molar-refractivity contribution is -0.141. The molecule has 0 unspecified atom stereocenters. The Labute approximate surface area is 168 Å². The van der Waals surface area contributed by atoms with Crippen LogP contribution < -0.4 is 5.32 Å². The molecule has 0 bridgehead atoms. The van der Waals surface area contributed by atoms with Crippen LogP contribution in [0, 0.1) is 5.82 Å². The first-order valence-electron chi connectivity index (χ1n) is 8.64. The number of halogens is 4. The van der Waals surface area contributed by atoms with Crippen LogP contribution in [0.3, 0.4) is 0 Å². The molecular formula is C20H16F4N4O2. The fraction of sp³-hybridized carbons (Fsp3) is 0.150. The molecule has 1 amide bonds. The van der Waals surface area contributed by atoms with E-state index in [0.29, 0.717) is 16.7 Å². The highest BCUT2D eigenvalue weighted by molar-refractivity contribution is 5.95. The number of nitrogens with one attached hydrogen (secondary N) is 2. The minimum Gasteiger partial charge on any atom is -0.399 e. The summed E-state index contributed by atoms with van der Waals surface area (Å²) in [5.41, 5.74) is 0.157. The summed E-state index contributed by atoms with van der Waals surface area (Å²) in [5.74, 6) is -1.46. The summed E-state index contributed by atoms with van der Waals surface area (Å²) in [6.45, 7) is -0.0635. The zero-order chi connectivity index (χ0) is 21.7. The average Bonchev–Trinajstić information content (AvgIpc) is 3.22. The van der Waals surface area contributed by atoms with E-state index in [1.165, 1.54) is 25.5 Å². The number of alkyl halides is 3. The normalized spacial score (nSPS) is 11.6. The number of aromatic nitrogens is 2. The smallest absolute Gasteiger partial charge is 0.399 e. The number of hydrogen-bond acceptors (Lipinski definition) is 4. The molecule has 0 atom stereocenters. The molecular weight excluding hydrogens is 404 g/mol. The van der Waals surface area contributed by atoms with Crippen LogP contribution in [0.2, 0.25) is 0 Å². The number of nitrogens with zero attached hydrogens (tertiary/aromatic N) is 2. The first-order chi connectivity index (χ1) is 14.3. The molecule has 0 fully saturated rings. The van der Waals surface area contributed by atoms with E-state index < -0.39 is 29.2 Å². The summed E-state index contributed by atoms with van der Waals surface area (Å²) in [4.78, 5) is 16.8. The van der Waals surface area contributed by atoms with Gasteiger partial charge in [-0.3, -0.25) is 9.89 Å². The fourth-order valence-corrected chi connectivity index (χ4v) is 2.81. The predicted molar refractivity (Wildman–Crippen MR) is 101 cm³/mol. The highest BCUT2D eigenvalue weighted by Gasteiger charge is 2.37. The van der Waals surface area contributed by atoms with Crippen molar-refractivity contribution in [2.45, 2.75) is 12.7 Å². The van der Waals surface area contributed by atoms with Crippen molar-refractivity contribution in [1.82, 2.24) is 15.5 Å². The molecule has 0 saturated heterocycles. The van der Waals surface area contributed by atoms with Crippen molar-refractivity contribution in [1.29, 1.82) is 0 Å². The van der Waals surface area contributed by atoms with Crippen molar-refractivity contribution in [2.75, 3.05) is 7.11 Å². The Bertz CT molecular complexity index is 1080. The standard InChI is InChI=1S/C20H16F4N4O2/c1-30-27-10-14-7-6-12(8-17(14)21)15-5-3-2-4-13(15)9-25-19(29)16-11-26-28-18(16)20(22,23)24/h2-8,10-11H,9H2,1H3,(H,25,29)(H,26,28)/b27-10+. The van der Waals surface area contributed by atoms with Gasteiger partial charge in [0.15, 0.2) is 5.69 Å². The molecule has 1 heterocycles. The van der Waals surface area contributed by atoms with E-state index in [9.17, 15) is 22.4 Å². The Hall–Kier alpha value is -3.69. The summed E-state index contributed by atoms with van der Waals surface area (Å²) in [6.07, 6.45) is -2.68. The van der Waals surface area contributed by atoms with Gasteiger partial charge in [-0.1, -0.05) is 35.5 Å². The molecule has 2 N–H and O–H groups in total. The van der Waals surface area contributed by atoms with Gasteiger partial charge in [0.25, 0.3) is 5.91 Å². The zero-order valence-electron chi connectivity index (χ0n) is 15.6. The van der Waals surface area contributed by atoms with Crippen LogP contribution in [-0.2, 0) is 17.6 Å². The van der Waals surface area contributed by atoms with Crippen LogP contribution in [0.4, 0.5) is 17.6 Å². The molecule has 0 radical (unpaired) electrons. The molecule has 6 nitrogen and oxygen atoms in total. The van der Waals surface area contributed by atoms with Gasteiger partial charge in [0.2, 0.25) is 0 Å². The quantitative estimate of drug-likeness (QED) is 0.357. The lowest BCUT2D eigenvalue weighted by Gasteiger charge is -2.12. The Kier molecular flexibility index (Phi) is 6.14. The Morgan fingerprint density at radius 2 is 2.03 bits per heavy atom. The average molecular weight is 420 g/mol. The summed E-state index contributed by atoms with van der Waals surface area (Å²) < 4.78 is 53.1. The number of oxime groups is 1. The Balaban J connectivity index is 1.82. The largest absolute Gasteiger partial charge is 0.433 e. The number of amides is 1. The van der Waals surface area contributed by atoms with Gasteiger partial charge in [-0.25, -0.2) is 4.39 Å². The van der Waals surface area contributed by atoms with Crippen molar-refractivity contribution >= 4 is 12.1 Å². The van der Waals surface area contributed by atoms with E-state index in [4.69, 9.17) is 0 Å². The van der Waals surface area contributed by atoms with Crippen molar-refractivity contribution in [3.05, 3.63) is 76.9 Å². The molecule has 0 aliphatic heterocycles. The topological polar surface area (TPSA) is 79.4 Å². The number of carbonyl (C=O) groups is 1. The highest BCUT2D eigenvalue weighted by Crippen LogP contribution is 2.30. The number of rotatable bonds is 6. The Morgan fingerprint density at radius 3 is 2.73 bits per heavy atom. The SMILES string of the molecule is CO/N=C/c1ccc(-c2ccccc2CNC(=O)c2cn[nH]c2C(F)(F)F)cc1F. The van der Waals surface area contributed by atoms with E-state index in [2.05, 4.69) is 20.4 Å². The summed E-state index contributed by atoms with van der Waals surface area (Å²) >= 11 is 0.